The van der Waals surface area contributed by atoms with Gasteiger partial charge < -0.3 is 14.5 Å². The molecule has 0 aliphatic carbocycles. The molecule has 0 radical (unpaired) electrons. The van der Waals surface area contributed by atoms with E-state index in [1.165, 1.54) is 5.69 Å². The van der Waals surface area contributed by atoms with E-state index in [1.807, 2.05) is 13.2 Å². The molecular weight excluding hydrogens is 414 g/mol. The Morgan fingerprint density at radius 1 is 0.939 bits per heavy atom. The second kappa shape index (κ2) is 10.2. The average Bonchev–Trinajstić information content (AvgIpc) is 3.26. The molecule has 0 spiro atoms. The molecule has 2 aliphatic rings. The summed E-state index contributed by atoms with van der Waals surface area (Å²) in [7, 11) is 1.91. The predicted molar refractivity (Wildman–Crippen MR) is 130 cm³/mol. The Labute approximate surface area is 195 Å². The molecule has 0 atom stereocenters. The van der Waals surface area contributed by atoms with Crippen LogP contribution in [0.15, 0.2) is 42.9 Å². The minimum atomic E-state index is 0.260. The molecule has 172 valence electrons. The Kier molecular flexibility index (Phi) is 6.70. The number of ether oxygens (including phenoxy) is 1. The number of anilines is 2. The van der Waals surface area contributed by atoms with Gasteiger partial charge in [0.1, 0.15) is 18.8 Å². The number of piperazine rings is 1. The van der Waals surface area contributed by atoms with E-state index in [0.29, 0.717) is 6.61 Å². The smallest absolute Gasteiger partial charge is 0.163 e. The maximum atomic E-state index is 6.05. The van der Waals surface area contributed by atoms with E-state index in [-0.39, 0.29) is 6.10 Å². The van der Waals surface area contributed by atoms with E-state index < -0.39 is 0 Å². The highest BCUT2D eigenvalue weighted by atomic mass is 16.5. The Morgan fingerprint density at radius 3 is 2.52 bits per heavy atom. The van der Waals surface area contributed by atoms with E-state index >= 15 is 0 Å². The molecule has 8 nitrogen and oxygen atoms in total. The van der Waals surface area contributed by atoms with Gasteiger partial charge in [-0.05, 0) is 25.0 Å². The van der Waals surface area contributed by atoms with Crippen molar-refractivity contribution in [2.24, 2.45) is 7.05 Å². The first kappa shape index (κ1) is 21.7. The molecule has 4 heterocycles. The quantitative estimate of drug-likeness (QED) is 0.558. The highest BCUT2D eigenvalue weighted by molar-refractivity contribution is 5.86. The van der Waals surface area contributed by atoms with Gasteiger partial charge >= 0.3 is 0 Å². The molecule has 5 rings (SSSR count). The fraction of sp³-hybridized carbons (Fsp3) is 0.480. The average molecular weight is 446 g/mol. The molecule has 33 heavy (non-hydrogen) atoms. The lowest BCUT2D eigenvalue weighted by Crippen LogP contribution is -2.46. The lowest BCUT2D eigenvalue weighted by molar-refractivity contribution is 0.0594. The second-order valence-electron chi connectivity index (χ2n) is 8.65. The first-order chi connectivity index (χ1) is 16.3. The number of hydrogen-bond acceptors (Lipinski definition) is 7. The van der Waals surface area contributed by atoms with Gasteiger partial charge in [-0.1, -0.05) is 30.0 Å². The standard InChI is InChI=1S/C25H31N7O/c1-29-24-23(19-28-29)25(27-20-26-24)32-12-9-22(10-13-32)33-18-6-5-11-30-14-16-31(17-15-30)21-7-3-2-4-8-21/h2-4,7-8,19-20,22H,9-18H2,1H3. The highest BCUT2D eigenvalue weighted by Gasteiger charge is 2.23. The van der Waals surface area contributed by atoms with Crippen LogP contribution < -0.4 is 9.80 Å². The molecule has 2 saturated heterocycles. The second-order valence-corrected chi connectivity index (χ2v) is 8.65. The maximum absolute atomic E-state index is 6.05. The number of nitrogens with zero attached hydrogens (tertiary/aromatic N) is 7. The lowest BCUT2D eigenvalue weighted by Gasteiger charge is -2.35. The summed E-state index contributed by atoms with van der Waals surface area (Å²) in [4.78, 5) is 16.0. The SMILES string of the molecule is Cn1ncc2c(N3CCC(OCC#CCN4CCN(c5ccccc5)CC4)CC3)ncnc21. The highest BCUT2D eigenvalue weighted by Crippen LogP contribution is 2.25. The molecule has 0 bridgehead atoms. The Bertz CT molecular complexity index is 1100. The van der Waals surface area contributed by atoms with Crippen molar-refractivity contribution < 1.29 is 4.74 Å². The van der Waals surface area contributed by atoms with Crippen LogP contribution in [0.25, 0.3) is 11.0 Å². The summed E-state index contributed by atoms with van der Waals surface area (Å²) in [6.45, 7) is 7.38. The zero-order valence-electron chi connectivity index (χ0n) is 19.2. The van der Waals surface area contributed by atoms with E-state index in [0.717, 1.165) is 75.5 Å². The molecule has 0 unspecified atom stereocenters. The molecule has 0 N–H and O–H groups in total. The number of benzene rings is 1. The van der Waals surface area contributed by atoms with E-state index in [2.05, 4.69) is 71.9 Å². The third-order valence-electron chi connectivity index (χ3n) is 6.56. The number of aryl methyl sites for hydroxylation is 1. The predicted octanol–water partition coefficient (Wildman–Crippen LogP) is 2.17. The third-order valence-corrected chi connectivity index (χ3v) is 6.56. The van der Waals surface area contributed by atoms with Crippen LogP contribution in [0.1, 0.15) is 12.8 Å². The zero-order chi connectivity index (χ0) is 22.5. The van der Waals surface area contributed by atoms with Crippen molar-refractivity contribution >= 4 is 22.5 Å². The number of hydrogen-bond donors (Lipinski definition) is 0. The summed E-state index contributed by atoms with van der Waals surface area (Å²) in [5, 5.41) is 5.33. The van der Waals surface area contributed by atoms with Crippen LogP contribution >= 0.6 is 0 Å². The molecule has 8 heteroatoms. The molecule has 0 amide bonds. The van der Waals surface area contributed by atoms with Crippen molar-refractivity contribution in [3.05, 3.63) is 42.9 Å². The number of piperidine rings is 1. The fourth-order valence-electron chi connectivity index (χ4n) is 4.62. The molecule has 3 aromatic rings. The topological polar surface area (TPSA) is 62.6 Å². The summed E-state index contributed by atoms with van der Waals surface area (Å²) >= 11 is 0. The Balaban J connectivity index is 1.02. The van der Waals surface area contributed by atoms with Crippen LogP contribution in [-0.2, 0) is 11.8 Å². The summed E-state index contributed by atoms with van der Waals surface area (Å²) in [6, 6.07) is 10.6. The van der Waals surface area contributed by atoms with Crippen LogP contribution in [0.5, 0.6) is 0 Å². The van der Waals surface area contributed by atoms with E-state index in [4.69, 9.17) is 4.74 Å². The summed E-state index contributed by atoms with van der Waals surface area (Å²) in [6.07, 6.45) is 5.70. The zero-order valence-corrected chi connectivity index (χ0v) is 19.2. The van der Waals surface area contributed by atoms with Gasteiger partial charge in [0.25, 0.3) is 0 Å². The first-order valence-electron chi connectivity index (χ1n) is 11.8. The maximum Gasteiger partial charge on any atom is 0.163 e. The molecule has 2 fully saturated rings. The molecule has 0 saturated carbocycles. The van der Waals surface area contributed by atoms with Crippen LogP contribution in [-0.4, -0.2) is 83.2 Å². The van der Waals surface area contributed by atoms with Crippen molar-refractivity contribution in [1.82, 2.24) is 24.6 Å². The number of rotatable bonds is 5. The van der Waals surface area contributed by atoms with Gasteiger partial charge in [-0.3, -0.25) is 9.58 Å². The summed E-state index contributed by atoms with van der Waals surface area (Å²) in [5.74, 6) is 7.49. The van der Waals surface area contributed by atoms with Crippen molar-refractivity contribution in [1.29, 1.82) is 0 Å². The minimum Gasteiger partial charge on any atom is -0.369 e. The lowest BCUT2D eigenvalue weighted by atomic mass is 10.1. The molecule has 2 aliphatic heterocycles. The van der Waals surface area contributed by atoms with Crippen LogP contribution in [0.4, 0.5) is 11.5 Å². The van der Waals surface area contributed by atoms with Gasteiger partial charge in [0, 0.05) is 52.0 Å². The first-order valence-corrected chi connectivity index (χ1v) is 11.8. The van der Waals surface area contributed by atoms with Crippen LogP contribution in [0.3, 0.4) is 0 Å². The fourth-order valence-corrected chi connectivity index (χ4v) is 4.62. The number of para-hydroxylation sites is 1. The van der Waals surface area contributed by atoms with E-state index in [1.54, 1.807) is 11.0 Å². The minimum absolute atomic E-state index is 0.260. The number of aromatic nitrogens is 4. The van der Waals surface area contributed by atoms with Crippen LogP contribution in [0.2, 0.25) is 0 Å². The largest absolute Gasteiger partial charge is 0.369 e. The van der Waals surface area contributed by atoms with Crippen LogP contribution in [0, 0.1) is 11.8 Å². The Morgan fingerprint density at radius 2 is 1.73 bits per heavy atom. The van der Waals surface area contributed by atoms with Crippen molar-refractivity contribution in [3.8, 4) is 11.8 Å². The van der Waals surface area contributed by atoms with E-state index in [9.17, 15) is 0 Å². The summed E-state index contributed by atoms with van der Waals surface area (Å²) < 4.78 is 7.84. The molecule has 2 aromatic heterocycles. The van der Waals surface area contributed by atoms with Gasteiger partial charge in [-0.25, -0.2) is 9.97 Å². The van der Waals surface area contributed by atoms with Crippen molar-refractivity contribution in [3.63, 3.8) is 0 Å². The van der Waals surface area contributed by atoms with Gasteiger partial charge in [0.2, 0.25) is 0 Å². The third kappa shape index (κ3) is 5.10. The number of fused-ring (bicyclic) bond motifs is 1. The molecule has 1 aromatic carbocycles. The normalized spacial score (nSPS) is 17.8. The van der Waals surface area contributed by atoms with Crippen molar-refractivity contribution in [2.75, 3.05) is 62.2 Å². The summed E-state index contributed by atoms with van der Waals surface area (Å²) in [5.41, 5.74) is 2.18. The van der Waals surface area contributed by atoms with Crippen molar-refractivity contribution in [2.45, 2.75) is 18.9 Å². The van der Waals surface area contributed by atoms with Gasteiger partial charge in [0.15, 0.2) is 5.65 Å². The van der Waals surface area contributed by atoms with Gasteiger partial charge in [-0.15, -0.1) is 0 Å². The molecular formula is C25H31N7O. The van der Waals surface area contributed by atoms with Gasteiger partial charge in [0.05, 0.1) is 24.2 Å². The monoisotopic (exact) mass is 445 g/mol. The Hall–Kier alpha value is -3.15. The van der Waals surface area contributed by atoms with Gasteiger partial charge in [-0.2, -0.15) is 5.10 Å².